The first-order valence-electron chi connectivity index (χ1n) is 17.8. The van der Waals surface area contributed by atoms with Crippen molar-refractivity contribution in [2.75, 3.05) is 0 Å². The molecule has 6 atom stereocenters. The van der Waals surface area contributed by atoms with Crippen LogP contribution in [-0.2, 0) is 4.43 Å². The zero-order chi connectivity index (χ0) is 33.2. The summed E-state index contributed by atoms with van der Waals surface area (Å²) < 4.78 is 7.14. The first-order chi connectivity index (χ1) is 19.4. The summed E-state index contributed by atoms with van der Waals surface area (Å²) in [5, 5.41) is 10.8. The maximum atomic E-state index is 10.2. The van der Waals surface area contributed by atoms with Gasteiger partial charge in [0.1, 0.15) is 0 Å². The van der Waals surface area contributed by atoms with Gasteiger partial charge in [0.05, 0.1) is 13.7 Å². The van der Waals surface area contributed by atoms with Gasteiger partial charge < -0.3 is 9.53 Å². The van der Waals surface area contributed by atoms with Crippen LogP contribution in [0, 0.1) is 23.2 Å². The highest BCUT2D eigenvalue weighted by atomic mass is 28.4. The van der Waals surface area contributed by atoms with Crippen LogP contribution in [0.3, 0.4) is 0 Å². The fraction of sp³-hybridized carbons (Fsp3) is 0.846. The lowest BCUT2D eigenvalue weighted by atomic mass is 9.66. The molecule has 0 aromatic rings. The molecule has 3 unspecified atom stereocenters. The van der Waals surface area contributed by atoms with Crippen LogP contribution >= 0.6 is 0 Å². The molecule has 0 spiro atoms. The highest BCUT2D eigenvalue weighted by molar-refractivity contribution is 6.82. The summed E-state index contributed by atoms with van der Waals surface area (Å²) in [5.41, 5.74) is 3.17. The average molecular weight is 631 g/mol. The Morgan fingerprint density at radius 3 is 2.14 bits per heavy atom. The smallest absolute Gasteiger partial charge is 0.192 e. The molecule has 0 bridgehead atoms. The van der Waals surface area contributed by atoms with E-state index in [2.05, 4.69) is 107 Å². The molecule has 2 rings (SSSR count). The van der Waals surface area contributed by atoms with Crippen LogP contribution < -0.4 is 0 Å². The minimum Gasteiger partial charge on any atom is -0.414 e. The molecule has 0 amide bonds. The van der Waals surface area contributed by atoms with Crippen molar-refractivity contribution in [1.82, 2.24) is 0 Å². The lowest BCUT2D eigenvalue weighted by Crippen LogP contribution is -2.49. The van der Waals surface area contributed by atoms with Gasteiger partial charge in [-0.05, 0) is 110 Å². The minimum absolute atomic E-state index is 0.214. The van der Waals surface area contributed by atoms with Crippen molar-refractivity contribution in [3.8, 4) is 0 Å². The molecule has 2 fully saturated rings. The molecule has 0 aromatic carbocycles. The Bertz CT molecular complexity index is 984. The summed E-state index contributed by atoms with van der Waals surface area (Å²) in [6, 6.07) is 0. The fourth-order valence-corrected chi connectivity index (χ4v) is 12.3. The number of rotatable bonds is 12. The summed E-state index contributed by atoms with van der Waals surface area (Å²) in [6.07, 6.45) is 18.2. The van der Waals surface area contributed by atoms with Crippen LogP contribution in [-0.4, -0.2) is 33.2 Å². The van der Waals surface area contributed by atoms with Crippen molar-refractivity contribution >= 4 is 16.4 Å². The van der Waals surface area contributed by atoms with Crippen LogP contribution in [0.5, 0.6) is 0 Å². The maximum absolute atomic E-state index is 10.2. The highest BCUT2D eigenvalue weighted by Gasteiger charge is 2.49. The van der Waals surface area contributed by atoms with Crippen molar-refractivity contribution in [3.05, 3.63) is 36.0 Å². The molecule has 0 heterocycles. The zero-order valence-corrected chi connectivity index (χ0v) is 33.5. The Labute approximate surface area is 271 Å². The van der Waals surface area contributed by atoms with Gasteiger partial charge in [0.2, 0.25) is 0 Å². The second kappa shape index (κ2) is 14.1. The molecule has 0 radical (unpaired) electrons. The third kappa shape index (κ3) is 9.55. The summed E-state index contributed by atoms with van der Waals surface area (Å²) >= 11 is 0. The lowest BCUT2D eigenvalue weighted by molar-refractivity contribution is 0.0619. The van der Waals surface area contributed by atoms with Gasteiger partial charge in [-0.2, -0.15) is 0 Å². The summed E-state index contributed by atoms with van der Waals surface area (Å²) in [5.74, 6) is 2.08. The predicted octanol–water partition coefficient (Wildman–Crippen LogP) is 12.5. The van der Waals surface area contributed by atoms with Gasteiger partial charge in [0, 0.05) is 6.10 Å². The number of hydrogen-bond acceptors (Lipinski definition) is 2. The zero-order valence-electron chi connectivity index (χ0n) is 31.5. The quantitative estimate of drug-likeness (QED) is 0.217. The average Bonchev–Trinajstić information content (AvgIpc) is 3.14. The summed E-state index contributed by atoms with van der Waals surface area (Å²) in [6.45, 7) is 40.5. The standard InChI is InChI=1S/C39H74O2Si2/c1-17-25-39(12)32(23-24-34(39)29(2)20-19-26-38(10,11)40)22-18-21-31-27-33(41-43(15,16)37(7,8)9)28-35(30(31)3)42(13,14)36(4,5)6/h18,21-22,29,32-35,40H,3,17,19-20,23-28H2,1-2,4-16H3/t29-,32?,33?,34-,35?,39+/m1/s1. The van der Waals surface area contributed by atoms with Gasteiger partial charge in [-0.1, -0.05) is 125 Å². The first kappa shape index (κ1) is 38.8. The van der Waals surface area contributed by atoms with E-state index < -0.39 is 22.0 Å². The predicted molar refractivity (Wildman–Crippen MR) is 197 cm³/mol. The third-order valence-corrected chi connectivity index (χ3v) is 23.6. The van der Waals surface area contributed by atoms with Crippen LogP contribution in [0.2, 0.25) is 41.8 Å². The van der Waals surface area contributed by atoms with Crippen LogP contribution in [0.4, 0.5) is 0 Å². The molecule has 0 aliphatic heterocycles. The molecule has 4 heteroatoms. The summed E-state index contributed by atoms with van der Waals surface area (Å²) in [7, 11) is -3.53. The van der Waals surface area contributed by atoms with Crippen molar-refractivity contribution in [2.45, 2.75) is 187 Å². The number of allylic oxidation sites excluding steroid dienone is 4. The molecule has 2 aliphatic rings. The largest absolute Gasteiger partial charge is 0.414 e. The Morgan fingerprint density at radius 1 is 1.02 bits per heavy atom. The van der Waals surface area contributed by atoms with Crippen molar-refractivity contribution in [3.63, 3.8) is 0 Å². The minimum atomic E-state index is -1.87. The lowest BCUT2D eigenvalue weighted by Gasteiger charge is -2.49. The highest BCUT2D eigenvalue weighted by Crippen LogP contribution is 2.56. The molecule has 2 aliphatic carbocycles. The third-order valence-electron chi connectivity index (χ3n) is 12.9. The molecular formula is C39H74O2Si2. The normalized spacial score (nSPS) is 30.0. The van der Waals surface area contributed by atoms with E-state index in [0.29, 0.717) is 27.8 Å². The summed E-state index contributed by atoms with van der Waals surface area (Å²) in [4.78, 5) is 0. The van der Waals surface area contributed by atoms with Crippen LogP contribution in [0.15, 0.2) is 36.0 Å². The topological polar surface area (TPSA) is 29.5 Å². The molecule has 2 nitrogen and oxygen atoms in total. The van der Waals surface area contributed by atoms with E-state index in [0.717, 1.165) is 31.6 Å². The Balaban J connectivity index is 2.34. The molecule has 0 saturated heterocycles. The van der Waals surface area contributed by atoms with E-state index in [9.17, 15) is 5.11 Å². The van der Waals surface area contributed by atoms with Crippen molar-refractivity contribution < 1.29 is 9.53 Å². The van der Waals surface area contributed by atoms with Crippen LogP contribution in [0.25, 0.3) is 0 Å². The van der Waals surface area contributed by atoms with Gasteiger partial charge in [-0.15, -0.1) is 0 Å². The Hall–Kier alpha value is -0.426. The molecular weight excluding hydrogens is 557 g/mol. The van der Waals surface area contributed by atoms with E-state index in [1.54, 1.807) is 0 Å². The van der Waals surface area contributed by atoms with Gasteiger partial charge in [0.25, 0.3) is 0 Å². The van der Waals surface area contributed by atoms with Crippen molar-refractivity contribution in [1.29, 1.82) is 0 Å². The van der Waals surface area contributed by atoms with E-state index in [4.69, 9.17) is 11.0 Å². The van der Waals surface area contributed by atoms with Gasteiger partial charge in [-0.3, -0.25) is 0 Å². The number of hydrogen-bond donors (Lipinski definition) is 1. The molecule has 250 valence electrons. The van der Waals surface area contributed by atoms with E-state index in [1.807, 2.05) is 13.8 Å². The van der Waals surface area contributed by atoms with E-state index in [1.165, 1.54) is 43.3 Å². The molecule has 1 N–H and O–H groups in total. The Kier molecular flexibility index (Phi) is 12.7. The molecule has 0 aromatic heterocycles. The van der Waals surface area contributed by atoms with Gasteiger partial charge in [-0.25, -0.2) is 0 Å². The van der Waals surface area contributed by atoms with Crippen LogP contribution in [0.1, 0.15) is 134 Å². The maximum Gasteiger partial charge on any atom is 0.192 e. The number of aliphatic hydroxyl groups is 1. The molecule has 2 saturated carbocycles. The van der Waals surface area contributed by atoms with Crippen molar-refractivity contribution in [2.24, 2.45) is 23.2 Å². The van der Waals surface area contributed by atoms with Gasteiger partial charge >= 0.3 is 0 Å². The molecule has 43 heavy (non-hydrogen) atoms. The second-order valence-electron chi connectivity index (χ2n) is 18.8. The van der Waals surface area contributed by atoms with E-state index in [-0.39, 0.29) is 11.1 Å². The fourth-order valence-electron chi connectivity index (χ4n) is 8.02. The monoisotopic (exact) mass is 631 g/mol. The van der Waals surface area contributed by atoms with E-state index >= 15 is 0 Å². The van der Waals surface area contributed by atoms with Gasteiger partial charge in [0.15, 0.2) is 8.32 Å². The first-order valence-corrected chi connectivity index (χ1v) is 23.8. The Morgan fingerprint density at radius 2 is 1.63 bits per heavy atom. The SMILES string of the molecule is C=C1C(=CC=CC2CC[C@H]([C@H](C)CCCC(C)(C)O)[C@@]2(C)CCC)CC(O[Si](C)(C)C(C)(C)C)CC1[Si](C)(C)C(C)(C)C. The second-order valence-corrected chi connectivity index (χ2v) is 29.2.